The van der Waals surface area contributed by atoms with Crippen molar-refractivity contribution in [1.29, 1.82) is 0 Å². The van der Waals surface area contributed by atoms with E-state index in [4.69, 9.17) is 10.5 Å². The van der Waals surface area contributed by atoms with Gasteiger partial charge in [0, 0.05) is 24.5 Å². The Morgan fingerprint density at radius 2 is 2.14 bits per heavy atom. The van der Waals surface area contributed by atoms with Crippen LogP contribution >= 0.6 is 11.3 Å². The van der Waals surface area contributed by atoms with Gasteiger partial charge in [0.05, 0.1) is 10.7 Å². The highest BCUT2D eigenvalue weighted by Gasteiger charge is 2.11. The maximum atomic E-state index is 6.09. The molecule has 2 aromatic rings. The number of rotatable bonds is 6. The summed E-state index contributed by atoms with van der Waals surface area (Å²) in [4.78, 5) is 6.74. The molecule has 0 aliphatic carbocycles. The highest BCUT2D eigenvalue weighted by molar-refractivity contribution is 7.09. The molecule has 1 aromatic carbocycles. The quantitative estimate of drug-likeness (QED) is 0.834. The van der Waals surface area contributed by atoms with E-state index < -0.39 is 0 Å². The molecule has 4 nitrogen and oxygen atoms in total. The summed E-state index contributed by atoms with van der Waals surface area (Å²) in [5, 5.41) is 3.10. The maximum Gasteiger partial charge on any atom is 0.142 e. The molecule has 0 radical (unpaired) electrons. The van der Waals surface area contributed by atoms with Crippen LogP contribution < -0.4 is 10.5 Å². The Bertz CT molecular complexity index is 565. The standard InChI is InChI=1S/C16H21N3OS/c17-14-11-13(12-16-18-5-10-21-16)3-4-15(14)20-9-8-19-6-1-2-7-19/h3-5,10-11H,1-2,6-9,12,17H2. The molecule has 0 saturated carbocycles. The van der Waals surface area contributed by atoms with Crippen LogP contribution in [-0.2, 0) is 6.42 Å². The van der Waals surface area contributed by atoms with Gasteiger partial charge < -0.3 is 10.5 Å². The molecular weight excluding hydrogens is 282 g/mol. The molecule has 0 amide bonds. The lowest BCUT2D eigenvalue weighted by atomic mass is 10.1. The second-order valence-corrected chi connectivity index (χ2v) is 6.35. The van der Waals surface area contributed by atoms with E-state index in [2.05, 4.69) is 16.0 Å². The monoisotopic (exact) mass is 303 g/mol. The molecule has 1 fully saturated rings. The largest absolute Gasteiger partial charge is 0.490 e. The van der Waals surface area contributed by atoms with Crippen LogP contribution in [0.15, 0.2) is 29.8 Å². The SMILES string of the molecule is Nc1cc(Cc2nccs2)ccc1OCCN1CCCC1. The number of nitrogens with zero attached hydrogens (tertiary/aromatic N) is 2. The van der Waals surface area contributed by atoms with Gasteiger partial charge in [0.15, 0.2) is 0 Å². The van der Waals surface area contributed by atoms with E-state index >= 15 is 0 Å². The fourth-order valence-electron chi connectivity index (χ4n) is 2.65. The van der Waals surface area contributed by atoms with Crippen LogP contribution in [0.4, 0.5) is 5.69 Å². The minimum atomic E-state index is 0.704. The highest BCUT2D eigenvalue weighted by atomic mass is 32.1. The van der Waals surface area contributed by atoms with Gasteiger partial charge in [-0.2, -0.15) is 0 Å². The molecule has 21 heavy (non-hydrogen) atoms. The van der Waals surface area contributed by atoms with Crippen LogP contribution in [0.2, 0.25) is 0 Å². The summed E-state index contributed by atoms with van der Waals surface area (Å²) < 4.78 is 5.81. The summed E-state index contributed by atoms with van der Waals surface area (Å²) in [5.41, 5.74) is 7.98. The van der Waals surface area contributed by atoms with Gasteiger partial charge in [0.25, 0.3) is 0 Å². The number of hydrogen-bond donors (Lipinski definition) is 1. The number of thiazole rings is 1. The first-order valence-corrected chi connectivity index (χ1v) is 8.31. The highest BCUT2D eigenvalue weighted by Crippen LogP contribution is 2.24. The molecule has 1 aliphatic heterocycles. The molecule has 0 atom stereocenters. The summed E-state index contributed by atoms with van der Waals surface area (Å²) in [7, 11) is 0. The second kappa shape index (κ2) is 6.91. The van der Waals surface area contributed by atoms with Crippen molar-refractivity contribution in [2.45, 2.75) is 19.3 Å². The third-order valence-electron chi connectivity index (χ3n) is 3.78. The Hall–Kier alpha value is -1.59. The van der Waals surface area contributed by atoms with Gasteiger partial charge in [-0.05, 0) is 43.6 Å². The molecule has 1 saturated heterocycles. The number of aromatic nitrogens is 1. The zero-order valence-corrected chi connectivity index (χ0v) is 12.9. The predicted octanol–water partition coefficient (Wildman–Crippen LogP) is 2.79. The normalized spacial score (nSPS) is 15.4. The van der Waals surface area contributed by atoms with Crippen LogP contribution in [0, 0.1) is 0 Å². The Kier molecular flexibility index (Phi) is 4.72. The van der Waals surface area contributed by atoms with Gasteiger partial charge in [0.2, 0.25) is 0 Å². The number of nitrogen functional groups attached to an aromatic ring is 1. The van der Waals surface area contributed by atoms with E-state index in [0.29, 0.717) is 12.3 Å². The summed E-state index contributed by atoms with van der Waals surface area (Å²) in [6.45, 7) is 4.09. The summed E-state index contributed by atoms with van der Waals surface area (Å²) in [6.07, 6.45) is 5.29. The van der Waals surface area contributed by atoms with Crippen molar-refractivity contribution >= 4 is 17.0 Å². The Balaban J connectivity index is 1.53. The molecule has 3 rings (SSSR count). The lowest BCUT2D eigenvalue weighted by Crippen LogP contribution is -2.25. The maximum absolute atomic E-state index is 6.09. The molecule has 0 spiro atoms. The minimum absolute atomic E-state index is 0.704. The molecule has 2 heterocycles. The van der Waals surface area contributed by atoms with E-state index in [1.165, 1.54) is 31.5 Å². The summed E-state index contributed by atoms with van der Waals surface area (Å²) in [6, 6.07) is 6.04. The first-order valence-electron chi connectivity index (χ1n) is 7.43. The molecule has 1 aromatic heterocycles. The molecule has 5 heteroatoms. The number of hydrogen-bond acceptors (Lipinski definition) is 5. The van der Waals surface area contributed by atoms with Crippen LogP contribution in [0.1, 0.15) is 23.4 Å². The Labute approximate surface area is 129 Å². The number of nitrogens with two attached hydrogens (primary N) is 1. The molecule has 1 aliphatic rings. The third-order valence-corrected chi connectivity index (χ3v) is 4.56. The summed E-state index contributed by atoms with van der Waals surface area (Å²) in [5.74, 6) is 0.789. The lowest BCUT2D eigenvalue weighted by molar-refractivity contribution is 0.238. The summed E-state index contributed by atoms with van der Waals surface area (Å²) >= 11 is 1.67. The number of benzene rings is 1. The Morgan fingerprint density at radius 1 is 1.29 bits per heavy atom. The average Bonchev–Trinajstić information content (AvgIpc) is 3.14. The van der Waals surface area contributed by atoms with Gasteiger partial charge >= 0.3 is 0 Å². The van der Waals surface area contributed by atoms with Crippen molar-refractivity contribution < 1.29 is 4.74 Å². The van der Waals surface area contributed by atoms with Gasteiger partial charge in [-0.15, -0.1) is 11.3 Å². The van der Waals surface area contributed by atoms with Crippen molar-refractivity contribution in [3.63, 3.8) is 0 Å². The van der Waals surface area contributed by atoms with Gasteiger partial charge in [0.1, 0.15) is 12.4 Å². The minimum Gasteiger partial charge on any atom is -0.490 e. The van der Waals surface area contributed by atoms with Crippen molar-refractivity contribution in [2.24, 2.45) is 0 Å². The van der Waals surface area contributed by atoms with Crippen LogP contribution in [0.3, 0.4) is 0 Å². The van der Waals surface area contributed by atoms with Crippen molar-refractivity contribution in [2.75, 3.05) is 32.0 Å². The first kappa shape index (κ1) is 14.4. The predicted molar refractivity (Wildman–Crippen MR) is 86.9 cm³/mol. The van der Waals surface area contributed by atoms with Gasteiger partial charge in [-0.25, -0.2) is 4.98 Å². The van der Waals surface area contributed by atoms with Crippen molar-refractivity contribution in [1.82, 2.24) is 9.88 Å². The zero-order valence-electron chi connectivity index (χ0n) is 12.1. The fourth-order valence-corrected chi connectivity index (χ4v) is 3.30. The third kappa shape index (κ3) is 3.95. The zero-order chi connectivity index (χ0) is 14.5. The van der Waals surface area contributed by atoms with E-state index in [1.54, 1.807) is 11.3 Å². The molecule has 0 bridgehead atoms. The first-order chi connectivity index (χ1) is 10.3. The fraction of sp³-hybridized carbons (Fsp3) is 0.438. The van der Waals surface area contributed by atoms with Crippen LogP contribution in [0.25, 0.3) is 0 Å². The van der Waals surface area contributed by atoms with E-state index in [9.17, 15) is 0 Å². The number of ether oxygens (including phenoxy) is 1. The van der Waals surface area contributed by atoms with E-state index in [-0.39, 0.29) is 0 Å². The van der Waals surface area contributed by atoms with Crippen molar-refractivity contribution in [3.8, 4) is 5.75 Å². The number of anilines is 1. The van der Waals surface area contributed by atoms with E-state index in [1.807, 2.05) is 23.7 Å². The molecular formula is C16H21N3OS. The topological polar surface area (TPSA) is 51.4 Å². The lowest BCUT2D eigenvalue weighted by Gasteiger charge is -2.16. The molecule has 0 unspecified atom stereocenters. The second-order valence-electron chi connectivity index (χ2n) is 5.37. The smallest absolute Gasteiger partial charge is 0.142 e. The molecule has 112 valence electrons. The average molecular weight is 303 g/mol. The van der Waals surface area contributed by atoms with Crippen LogP contribution in [0.5, 0.6) is 5.75 Å². The van der Waals surface area contributed by atoms with E-state index in [0.717, 1.165) is 23.7 Å². The van der Waals surface area contributed by atoms with Crippen LogP contribution in [-0.4, -0.2) is 36.1 Å². The molecule has 2 N–H and O–H groups in total. The Morgan fingerprint density at radius 3 is 2.86 bits per heavy atom. The van der Waals surface area contributed by atoms with Gasteiger partial charge in [-0.3, -0.25) is 4.90 Å². The number of likely N-dealkylation sites (tertiary alicyclic amines) is 1. The van der Waals surface area contributed by atoms with Crippen molar-refractivity contribution in [3.05, 3.63) is 40.3 Å². The van der Waals surface area contributed by atoms with Gasteiger partial charge in [-0.1, -0.05) is 6.07 Å².